The molecular formula is C20H25ClN2O2. The number of halogens is 1. The Kier molecular flexibility index (Phi) is 6.22. The quantitative estimate of drug-likeness (QED) is 0.683. The summed E-state index contributed by atoms with van der Waals surface area (Å²) in [5.74, 6) is 0. The Morgan fingerprint density at radius 3 is 1.92 bits per heavy atom. The van der Waals surface area contributed by atoms with Crippen LogP contribution < -0.4 is 5.32 Å². The smallest absolute Gasteiger partial charge is 0.144 e. The van der Waals surface area contributed by atoms with E-state index < -0.39 is 6.10 Å². The predicted octanol–water partition coefficient (Wildman–Crippen LogP) is 3.61. The van der Waals surface area contributed by atoms with E-state index in [1.54, 1.807) is 0 Å². The highest BCUT2D eigenvalue weighted by Gasteiger charge is 2.24. The second kappa shape index (κ2) is 8.00. The van der Waals surface area contributed by atoms with Crippen molar-refractivity contribution in [2.75, 3.05) is 13.2 Å². The lowest BCUT2D eigenvalue weighted by Crippen LogP contribution is -2.42. The fraction of sp³-hybridized carbons (Fsp3) is 0.350. The number of aliphatic hydroxyl groups is 1. The van der Waals surface area contributed by atoms with Gasteiger partial charge in [0.25, 0.3) is 0 Å². The van der Waals surface area contributed by atoms with E-state index in [0.29, 0.717) is 6.54 Å². The van der Waals surface area contributed by atoms with Crippen LogP contribution in [0.5, 0.6) is 0 Å². The van der Waals surface area contributed by atoms with Gasteiger partial charge in [0.05, 0.1) is 0 Å². The molecule has 4 nitrogen and oxygen atoms in total. The summed E-state index contributed by atoms with van der Waals surface area (Å²) in [6.45, 7) is 6.83. The Hall–Kier alpha value is -1.88. The highest BCUT2D eigenvalue weighted by molar-refractivity contribution is 6.24. The average molecular weight is 361 g/mol. The van der Waals surface area contributed by atoms with E-state index in [4.69, 9.17) is 4.84 Å². The van der Waals surface area contributed by atoms with Crippen molar-refractivity contribution in [3.05, 3.63) is 59.7 Å². The van der Waals surface area contributed by atoms with Gasteiger partial charge in [0.15, 0.2) is 0 Å². The molecule has 0 fully saturated rings. The molecule has 0 aromatic heterocycles. The number of β-amino-alcohol motifs (C(OH)–C–C–N with tert-alkyl or cyclic N) is 1. The van der Waals surface area contributed by atoms with Crippen molar-refractivity contribution in [1.82, 2.24) is 5.32 Å². The lowest BCUT2D eigenvalue weighted by atomic mass is 10.1. The van der Waals surface area contributed by atoms with Crippen LogP contribution in [0.1, 0.15) is 31.9 Å². The molecule has 1 atom stereocenters. The molecule has 3 rings (SSSR count). The van der Waals surface area contributed by atoms with Gasteiger partial charge >= 0.3 is 0 Å². The van der Waals surface area contributed by atoms with Crippen LogP contribution in [0, 0.1) is 0 Å². The van der Waals surface area contributed by atoms with Gasteiger partial charge in [-0.2, -0.15) is 0 Å². The van der Waals surface area contributed by atoms with Gasteiger partial charge in [-0.15, -0.1) is 12.4 Å². The molecule has 5 heteroatoms. The molecule has 0 bridgehead atoms. The topological polar surface area (TPSA) is 53.8 Å². The zero-order chi connectivity index (χ0) is 17.2. The first-order valence-electron chi connectivity index (χ1n) is 8.28. The minimum atomic E-state index is -0.597. The van der Waals surface area contributed by atoms with E-state index in [9.17, 15) is 5.11 Å². The molecule has 0 spiro atoms. The summed E-state index contributed by atoms with van der Waals surface area (Å²) in [5, 5.41) is 17.6. The molecule has 0 saturated carbocycles. The Balaban J connectivity index is 0.00000225. The third kappa shape index (κ3) is 4.60. The van der Waals surface area contributed by atoms with E-state index in [1.165, 1.54) is 11.1 Å². The monoisotopic (exact) mass is 360 g/mol. The highest BCUT2D eigenvalue weighted by Crippen LogP contribution is 2.36. The van der Waals surface area contributed by atoms with Crippen molar-refractivity contribution in [3.8, 4) is 11.1 Å². The van der Waals surface area contributed by atoms with Crippen LogP contribution in [0.3, 0.4) is 0 Å². The summed E-state index contributed by atoms with van der Waals surface area (Å²) >= 11 is 0. The molecule has 0 aliphatic heterocycles. The SMILES string of the molecule is CC(C)(C)NC[C@@H](O)CON=C1c2ccccc2-c2ccccc21.Cl. The number of aliphatic hydroxyl groups excluding tert-OH is 1. The summed E-state index contributed by atoms with van der Waals surface area (Å²) in [5.41, 5.74) is 5.28. The summed E-state index contributed by atoms with van der Waals surface area (Å²) in [6, 6.07) is 16.4. The molecule has 0 radical (unpaired) electrons. The maximum atomic E-state index is 10.0. The average Bonchev–Trinajstić information content (AvgIpc) is 2.87. The van der Waals surface area contributed by atoms with Crippen LogP contribution in [0.2, 0.25) is 0 Å². The molecule has 0 saturated heterocycles. The summed E-state index contributed by atoms with van der Waals surface area (Å²) in [4.78, 5) is 5.46. The van der Waals surface area contributed by atoms with Crippen LogP contribution in [-0.4, -0.2) is 35.6 Å². The number of benzene rings is 2. The molecule has 2 aromatic rings. The zero-order valence-electron chi connectivity index (χ0n) is 14.8. The van der Waals surface area contributed by atoms with Gasteiger partial charge < -0.3 is 15.3 Å². The van der Waals surface area contributed by atoms with E-state index >= 15 is 0 Å². The fourth-order valence-electron chi connectivity index (χ4n) is 2.76. The van der Waals surface area contributed by atoms with Gasteiger partial charge in [0.2, 0.25) is 0 Å². The van der Waals surface area contributed by atoms with Gasteiger partial charge in [-0.1, -0.05) is 53.7 Å². The lowest BCUT2D eigenvalue weighted by Gasteiger charge is -2.22. The van der Waals surface area contributed by atoms with Crippen LogP contribution in [-0.2, 0) is 4.84 Å². The first-order valence-corrected chi connectivity index (χ1v) is 8.28. The standard InChI is InChI=1S/C20H24N2O2.ClH/c1-20(2,3)21-12-14(23)13-24-22-19-17-10-6-4-8-15(17)16-9-5-7-11-18(16)19;/h4-11,14,21,23H,12-13H2,1-3H3;1H/t14-;/m1./s1. The second-order valence-electron chi connectivity index (χ2n) is 7.11. The number of hydrogen-bond donors (Lipinski definition) is 2. The van der Waals surface area contributed by atoms with E-state index in [1.807, 2.05) is 24.3 Å². The van der Waals surface area contributed by atoms with Crippen molar-refractivity contribution in [2.24, 2.45) is 5.16 Å². The minimum absolute atomic E-state index is 0. The predicted molar refractivity (Wildman–Crippen MR) is 104 cm³/mol. The fourth-order valence-corrected chi connectivity index (χ4v) is 2.76. The van der Waals surface area contributed by atoms with Crippen LogP contribution >= 0.6 is 12.4 Å². The molecule has 1 aliphatic carbocycles. The highest BCUT2D eigenvalue weighted by atomic mass is 35.5. The largest absolute Gasteiger partial charge is 0.392 e. The van der Waals surface area contributed by atoms with E-state index in [0.717, 1.165) is 16.8 Å². The third-order valence-electron chi connectivity index (χ3n) is 3.95. The Labute approximate surface area is 155 Å². The van der Waals surface area contributed by atoms with Crippen LogP contribution in [0.15, 0.2) is 53.7 Å². The number of nitrogens with zero attached hydrogens (tertiary/aromatic N) is 1. The van der Waals surface area contributed by atoms with Crippen molar-refractivity contribution < 1.29 is 9.94 Å². The number of nitrogens with one attached hydrogen (secondary N) is 1. The van der Waals surface area contributed by atoms with Gasteiger partial charge in [-0.25, -0.2) is 0 Å². The zero-order valence-corrected chi connectivity index (χ0v) is 15.6. The number of hydrogen-bond acceptors (Lipinski definition) is 4. The van der Waals surface area contributed by atoms with Crippen LogP contribution in [0.25, 0.3) is 11.1 Å². The molecule has 0 heterocycles. The van der Waals surface area contributed by atoms with E-state index in [-0.39, 0.29) is 24.6 Å². The summed E-state index contributed by atoms with van der Waals surface area (Å²) in [7, 11) is 0. The molecule has 0 amide bonds. The Bertz CT molecular complexity index is 706. The molecule has 25 heavy (non-hydrogen) atoms. The lowest BCUT2D eigenvalue weighted by molar-refractivity contribution is 0.0374. The van der Waals surface area contributed by atoms with Crippen LogP contribution in [0.4, 0.5) is 0 Å². The van der Waals surface area contributed by atoms with Crippen molar-refractivity contribution in [2.45, 2.75) is 32.4 Å². The van der Waals surface area contributed by atoms with Crippen molar-refractivity contribution >= 4 is 18.1 Å². The van der Waals surface area contributed by atoms with Gasteiger partial charge in [0.1, 0.15) is 18.4 Å². The molecule has 2 N–H and O–H groups in total. The van der Waals surface area contributed by atoms with E-state index in [2.05, 4.69) is 55.5 Å². The normalized spacial score (nSPS) is 13.5. The third-order valence-corrected chi connectivity index (χ3v) is 3.95. The van der Waals surface area contributed by atoms with Crippen molar-refractivity contribution in [1.29, 1.82) is 0 Å². The molecule has 134 valence electrons. The number of fused-ring (bicyclic) bond motifs is 3. The van der Waals surface area contributed by atoms with Gasteiger partial charge in [-0.3, -0.25) is 0 Å². The first-order chi connectivity index (χ1) is 11.5. The summed E-state index contributed by atoms with van der Waals surface area (Å²) in [6.07, 6.45) is -0.597. The molecular weight excluding hydrogens is 336 g/mol. The molecule has 2 aromatic carbocycles. The van der Waals surface area contributed by atoms with Gasteiger partial charge in [-0.05, 0) is 31.9 Å². The summed E-state index contributed by atoms with van der Waals surface area (Å²) < 4.78 is 0. The first kappa shape index (κ1) is 19.4. The maximum absolute atomic E-state index is 10.0. The molecule has 1 aliphatic rings. The second-order valence-corrected chi connectivity index (χ2v) is 7.11. The maximum Gasteiger partial charge on any atom is 0.144 e. The number of oxime groups is 1. The Morgan fingerprint density at radius 1 is 0.960 bits per heavy atom. The molecule has 0 unspecified atom stereocenters. The van der Waals surface area contributed by atoms with Crippen molar-refractivity contribution in [3.63, 3.8) is 0 Å². The Morgan fingerprint density at radius 2 is 1.44 bits per heavy atom. The number of rotatable bonds is 5. The van der Waals surface area contributed by atoms with Gasteiger partial charge in [0, 0.05) is 23.2 Å². The minimum Gasteiger partial charge on any atom is -0.392 e.